The van der Waals surface area contributed by atoms with Gasteiger partial charge in [0.25, 0.3) is 0 Å². The molecule has 0 radical (unpaired) electrons. The van der Waals surface area contributed by atoms with Crippen LogP contribution in [0.15, 0.2) is 24.3 Å². The molecule has 2 aliphatic rings. The summed E-state index contributed by atoms with van der Waals surface area (Å²) in [6, 6.07) is 8.65. The molecule has 2 saturated heterocycles. The fraction of sp³-hybridized carbons (Fsp3) is 0.667. The second-order valence-corrected chi connectivity index (χ2v) is 9.76. The molecule has 0 spiro atoms. The molecule has 1 aromatic carbocycles. The van der Waals surface area contributed by atoms with Gasteiger partial charge in [-0.2, -0.15) is 0 Å². The highest BCUT2D eigenvalue weighted by atomic mass is 16.6. The zero-order valence-electron chi connectivity index (χ0n) is 18.8. The van der Waals surface area contributed by atoms with Gasteiger partial charge >= 0.3 is 6.09 Å². The molecular weight excluding hydrogens is 378 g/mol. The van der Waals surface area contributed by atoms with E-state index < -0.39 is 5.60 Å². The molecule has 2 fully saturated rings. The minimum Gasteiger partial charge on any atom is -0.444 e. The topological polar surface area (TPSA) is 63.1 Å². The van der Waals surface area contributed by atoms with Crippen LogP contribution in [0.4, 0.5) is 4.79 Å². The molecule has 6 heteroatoms. The molecule has 2 heterocycles. The maximum atomic E-state index is 12.6. The molecule has 30 heavy (non-hydrogen) atoms. The Labute approximate surface area is 180 Å². The lowest BCUT2D eigenvalue weighted by Crippen LogP contribution is -3.11. The van der Waals surface area contributed by atoms with Crippen molar-refractivity contribution in [1.29, 1.82) is 0 Å². The molecule has 0 aromatic heterocycles. The van der Waals surface area contributed by atoms with Crippen molar-refractivity contribution < 1.29 is 19.2 Å². The van der Waals surface area contributed by atoms with E-state index in [1.807, 2.05) is 20.8 Å². The van der Waals surface area contributed by atoms with E-state index in [0.717, 1.165) is 12.1 Å². The average Bonchev–Trinajstić information content (AvgIpc) is 2.73. The zero-order chi connectivity index (χ0) is 21.6. The first-order valence-electron chi connectivity index (χ1n) is 11.5. The van der Waals surface area contributed by atoms with Gasteiger partial charge < -0.3 is 19.9 Å². The largest absolute Gasteiger partial charge is 0.444 e. The molecule has 2 aliphatic heterocycles. The molecule has 0 saturated carbocycles. The Balaban J connectivity index is 1.39. The third kappa shape index (κ3) is 7.01. The monoisotopic (exact) mass is 416 g/mol. The Kier molecular flexibility index (Phi) is 7.75. The number of piperidine rings is 2. The summed E-state index contributed by atoms with van der Waals surface area (Å²) < 4.78 is 5.42. The molecule has 166 valence electrons. The summed E-state index contributed by atoms with van der Waals surface area (Å²) in [7, 11) is 0. The van der Waals surface area contributed by atoms with Crippen LogP contribution in [0.1, 0.15) is 64.0 Å². The van der Waals surface area contributed by atoms with Crippen LogP contribution in [0.5, 0.6) is 0 Å². The van der Waals surface area contributed by atoms with Crippen molar-refractivity contribution in [2.45, 2.75) is 71.6 Å². The Morgan fingerprint density at radius 3 is 2.23 bits per heavy atom. The van der Waals surface area contributed by atoms with Crippen molar-refractivity contribution >= 4 is 12.0 Å². The molecule has 0 atom stereocenters. The SMILES string of the molecule is CC(C)(C)OC(=O)N1CCC(C(=O)NCc2ccc(C[NH+]3CCCCC3)cc2)CC1. The van der Waals surface area contributed by atoms with Crippen LogP contribution in [0.25, 0.3) is 0 Å². The minimum absolute atomic E-state index is 0.0364. The summed E-state index contributed by atoms with van der Waals surface area (Å²) in [6.45, 7) is 11.0. The lowest BCUT2D eigenvalue weighted by molar-refractivity contribution is -0.918. The number of amides is 2. The maximum absolute atomic E-state index is 12.6. The van der Waals surface area contributed by atoms with Crippen LogP contribution in [0.2, 0.25) is 0 Å². The normalized spacial score (nSPS) is 18.8. The smallest absolute Gasteiger partial charge is 0.410 e. The highest BCUT2D eigenvalue weighted by Crippen LogP contribution is 2.20. The van der Waals surface area contributed by atoms with Gasteiger partial charge in [0.1, 0.15) is 12.1 Å². The number of hydrogen-bond donors (Lipinski definition) is 2. The molecule has 0 aliphatic carbocycles. The van der Waals surface area contributed by atoms with Crippen molar-refractivity contribution in [1.82, 2.24) is 10.2 Å². The van der Waals surface area contributed by atoms with Crippen LogP contribution in [0.3, 0.4) is 0 Å². The lowest BCUT2D eigenvalue weighted by Gasteiger charge is -2.32. The van der Waals surface area contributed by atoms with Gasteiger partial charge in [-0.1, -0.05) is 24.3 Å². The van der Waals surface area contributed by atoms with Gasteiger partial charge in [-0.15, -0.1) is 0 Å². The summed E-state index contributed by atoms with van der Waals surface area (Å²) in [5, 5.41) is 3.07. The molecule has 2 N–H and O–H groups in total. The summed E-state index contributed by atoms with van der Waals surface area (Å²) in [5.41, 5.74) is 2.01. The Morgan fingerprint density at radius 2 is 1.63 bits per heavy atom. The van der Waals surface area contributed by atoms with E-state index in [2.05, 4.69) is 29.6 Å². The van der Waals surface area contributed by atoms with E-state index in [4.69, 9.17) is 4.74 Å². The quantitative estimate of drug-likeness (QED) is 0.775. The molecule has 2 amide bonds. The molecule has 0 unspecified atom stereocenters. The number of carbonyl (C=O) groups is 2. The number of likely N-dealkylation sites (tertiary alicyclic amines) is 2. The third-order valence-corrected chi connectivity index (χ3v) is 6.02. The number of hydrogen-bond acceptors (Lipinski definition) is 3. The van der Waals surface area contributed by atoms with Crippen molar-refractivity contribution in [3.63, 3.8) is 0 Å². The predicted molar refractivity (Wildman–Crippen MR) is 117 cm³/mol. The third-order valence-electron chi connectivity index (χ3n) is 6.02. The first kappa shape index (κ1) is 22.6. The fourth-order valence-corrected chi connectivity index (χ4v) is 4.28. The van der Waals surface area contributed by atoms with Crippen molar-refractivity contribution in [2.24, 2.45) is 5.92 Å². The standard InChI is InChI=1S/C24H37N3O3/c1-24(2,3)30-23(29)27-15-11-21(12-16-27)22(28)25-17-19-7-9-20(10-8-19)18-26-13-5-4-6-14-26/h7-10,21H,4-6,11-18H2,1-3H3,(H,25,28)/p+1. The van der Waals surface area contributed by atoms with Crippen LogP contribution in [0, 0.1) is 5.92 Å². The molecule has 3 rings (SSSR count). The van der Waals surface area contributed by atoms with E-state index in [9.17, 15) is 9.59 Å². The number of carbonyl (C=O) groups excluding carboxylic acids is 2. The molecule has 6 nitrogen and oxygen atoms in total. The van der Waals surface area contributed by atoms with Gasteiger partial charge in [0.05, 0.1) is 13.1 Å². The Hall–Kier alpha value is -2.08. The van der Waals surface area contributed by atoms with Crippen molar-refractivity contribution in [2.75, 3.05) is 26.2 Å². The number of rotatable bonds is 5. The first-order valence-corrected chi connectivity index (χ1v) is 11.5. The van der Waals surface area contributed by atoms with E-state index in [-0.39, 0.29) is 17.9 Å². The highest BCUT2D eigenvalue weighted by molar-refractivity contribution is 5.79. The number of benzene rings is 1. The van der Waals surface area contributed by atoms with Gasteiger partial charge in [0.2, 0.25) is 5.91 Å². The van der Waals surface area contributed by atoms with E-state index >= 15 is 0 Å². The van der Waals surface area contributed by atoms with E-state index in [1.165, 1.54) is 37.9 Å². The van der Waals surface area contributed by atoms with Gasteiger partial charge in [-0.3, -0.25) is 4.79 Å². The van der Waals surface area contributed by atoms with Crippen molar-refractivity contribution in [3.05, 3.63) is 35.4 Å². The predicted octanol–water partition coefficient (Wildman–Crippen LogP) is 2.52. The second kappa shape index (κ2) is 10.3. The fourth-order valence-electron chi connectivity index (χ4n) is 4.28. The Bertz CT molecular complexity index is 697. The molecular formula is C24H38N3O3+. The summed E-state index contributed by atoms with van der Waals surface area (Å²) in [4.78, 5) is 28.1. The van der Waals surface area contributed by atoms with Gasteiger partial charge in [-0.05, 0) is 58.4 Å². The van der Waals surface area contributed by atoms with Crippen LogP contribution >= 0.6 is 0 Å². The molecule has 1 aromatic rings. The van der Waals surface area contributed by atoms with E-state index in [0.29, 0.717) is 32.5 Å². The number of quaternary nitrogens is 1. The molecule has 0 bridgehead atoms. The minimum atomic E-state index is -0.490. The first-order chi connectivity index (χ1) is 14.3. The van der Waals surface area contributed by atoms with Gasteiger partial charge in [0.15, 0.2) is 0 Å². The lowest BCUT2D eigenvalue weighted by atomic mass is 9.96. The number of nitrogens with one attached hydrogen (secondary N) is 2. The summed E-state index contributed by atoms with van der Waals surface area (Å²) in [6.07, 6.45) is 5.15. The number of nitrogens with zero attached hydrogens (tertiary/aromatic N) is 1. The highest BCUT2D eigenvalue weighted by Gasteiger charge is 2.29. The average molecular weight is 417 g/mol. The zero-order valence-corrected chi connectivity index (χ0v) is 18.8. The maximum Gasteiger partial charge on any atom is 0.410 e. The van der Waals surface area contributed by atoms with Gasteiger partial charge in [0, 0.05) is 31.1 Å². The second-order valence-electron chi connectivity index (χ2n) is 9.76. The van der Waals surface area contributed by atoms with Gasteiger partial charge in [-0.25, -0.2) is 4.79 Å². The summed E-state index contributed by atoms with van der Waals surface area (Å²) in [5.74, 6) is 0.0475. The van der Waals surface area contributed by atoms with Crippen LogP contribution in [-0.2, 0) is 22.6 Å². The Morgan fingerprint density at radius 1 is 1.03 bits per heavy atom. The number of ether oxygens (including phenoxy) is 1. The van der Waals surface area contributed by atoms with E-state index in [1.54, 1.807) is 9.80 Å². The van der Waals surface area contributed by atoms with Crippen LogP contribution in [-0.4, -0.2) is 48.7 Å². The summed E-state index contributed by atoms with van der Waals surface area (Å²) >= 11 is 0. The van der Waals surface area contributed by atoms with Crippen LogP contribution < -0.4 is 10.2 Å². The van der Waals surface area contributed by atoms with Crippen molar-refractivity contribution in [3.8, 4) is 0 Å².